The number of hydrogen-bond acceptors (Lipinski definition) is 4. The Kier molecular flexibility index (Phi) is 4.19. The third-order valence-corrected chi connectivity index (χ3v) is 3.55. The van der Waals surface area contributed by atoms with Crippen molar-refractivity contribution in [3.05, 3.63) is 22.7 Å². The molecule has 0 aliphatic carbocycles. The van der Waals surface area contributed by atoms with Crippen molar-refractivity contribution in [3.8, 4) is 0 Å². The second kappa shape index (κ2) is 5.86. The minimum atomic E-state index is -0.880. The van der Waals surface area contributed by atoms with E-state index in [1.165, 1.54) is 0 Å². The first-order valence-electron chi connectivity index (χ1n) is 6.70. The molecule has 19 heavy (non-hydrogen) atoms. The van der Waals surface area contributed by atoms with Gasteiger partial charge in [-0.3, -0.25) is 4.79 Å². The first-order valence-corrected chi connectivity index (χ1v) is 6.70. The smallest absolute Gasteiger partial charge is 0.326 e. The number of aliphatic carboxylic acids is 1. The molecule has 1 aliphatic heterocycles. The second-order valence-corrected chi connectivity index (χ2v) is 4.74. The molecule has 6 nitrogen and oxygen atoms in total. The third-order valence-electron chi connectivity index (χ3n) is 3.55. The van der Waals surface area contributed by atoms with Crippen molar-refractivity contribution in [2.24, 2.45) is 0 Å². The first-order chi connectivity index (χ1) is 9.15. The monoisotopic (exact) mass is 265 g/mol. The van der Waals surface area contributed by atoms with Crippen LogP contribution in [0.1, 0.15) is 32.6 Å². The average molecular weight is 265 g/mol. The summed E-state index contributed by atoms with van der Waals surface area (Å²) in [6.45, 7) is 3.01. The molecule has 0 amide bonds. The number of aromatic nitrogens is 2. The van der Waals surface area contributed by atoms with Crippen LogP contribution >= 0.6 is 0 Å². The highest BCUT2D eigenvalue weighted by atomic mass is 16.4. The summed E-state index contributed by atoms with van der Waals surface area (Å²) in [5.74, 6) is -0.617. The number of carboxylic acid groups (broad SMARTS) is 1. The second-order valence-electron chi connectivity index (χ2n) is 4.74. The van der Waals surface area contributed by atoms with Crippen molar-refractivity contribution in [2.45, 2.75) is 45.2 Å². The molecule has 1 saturated heterocycles. The number of hydrogen-bond donors (Lipinski definition) is 1. The molecule has 0 radical (unpaired) electrons. The SMILES string of the molecule is CCn1ccnc(N2CCCCCC2C(=O)O)c1=O. The summed E-state index contributed by atoms with van der Waals surface area (Å²) < 4.78 is 1.55. The van der Waals surface area contributed by atoms with Gasteiger partial charge in [0.05, 0.1) is 0 Å². The van der Waals surface area contributed by atoms with Crippen LogP contribution < -0.4 is 10.5 Å². The summed E-state index contributed by atoms with van der Waals surface area (Å²) in [5, 5.41) is 9.33. The van der Waals surface area contributed by atoms with Crippen molar-refractivity contribution >= 4 is 11.8 Å². The lowest BCUT2D eigenvalue weighted by atomic mass is 10.1. The van der Waals surface area contributed by atoms with E-state index in [0.717, 1.165) is 19.3 Å². The van der Waals surface area contributed by atoms with Gasteiger partial charge in [0.1, 0.15) is 6.04 Å². The predicted octanol–water partition coefficient (Wildman–Crippen LogP) is 1.10. The Bertz CT molecular complexity index is 512. The minimum absolute atomic E-state index is 0.210. The van der Waals surface area contributed by atoms with Gasteiger partial charge >= 0.3 is 5.97 Å². The zero-order valence-corrected chi connectivity index (χ0v) is 11.1. The molecule has 1 unspecified atom stereocenters. The van der Waals surface area contributed by atoms with Crippen LogP contribution in [0.5, 0.6) is 0 Å². The number of carbonyl (C=O) groups is 1. The maximum absolute atomic E-state index is 12.2. The molecule has 0 aromatic carbocycles. The summed E-state index contributed by atoms with van der Waals surface area (Å²) in [6, 6.07) is -0.643. The summed E-state index contributed by atoms with van der Waals surface area (Å²) in [5.41, 5.74) is -0.210. The van der Waals surface area contributed by atoms with E-state index in [4.69, 9.17) is 0 Å². The number of carboxylic acids is 1. The fourth-order valence-corrected chi connectivity index (χ4v) is 2.50. The molecule has 6 heteroatoms. The number of nitrogens with zero attached hydrogens (tertiary/aromatic N) is 3. The van der Waals surface area contributed by atoms with E-state index in [-0.39, 0.29) is 11.4 Å². The highest BCUT2D eigenvalue weighted by Crippen LogP contribution is 2.20. The van der Waals surface area contributed by atoms with E-state index in [0.29, 0.717) is 19.5 Å². The van der Waals surface area contributed by atoms with Crippen LogP contribution in [-0.2, 0) is 11.3 Å². The molecule has 2 heterocycles. The Morgan fingerprint density at radius 3 is 2.95 bits per heavy atom. The number of aryl methyl sites for hydroxylation is 1. The highest BCUT2D eigenvalue weighted by molar-refractivity contribution is 5.77. The van der Waals surface area contributed by atoms with E-state index in [9.17, 15) is 14.7 Å². The Morgan fingerprint density at radius 1 is 1.47 bits per heavy atom. The van der Waals surface area contributed by atoms with E-state index in [2.05, 4.69) is 4.98 Å². The van der Waals surface area contributed by atoms with E-state index in [1.54, 1.807) is 21.9 Å². The maximum atomic E-state index is 12.2. The lowest BCUT2D eigenvalue weighted by Crippen LogP contribution is -2.44. The molecule has 1 N–H and O–H groups in total. The zero-order valence-electron chi connectivity index (χ0n) is 11.1. The van der Waals surface area contributed by atoms with Crippen molar-refractivity contribution in [1.29, 1.82) is 0 Å². The fraction of sp³-hybridized carbons (Fsp3) is 0.615. The fourth-order valence-electron chi connectivity index (χ4n) is 2.50. The molecule has 1 aromatic rings. The molecule has 2 rings (SSSR count). The van der Waals surface area contributed by atoms with Crippen LogP contribution in [0.4, 0.5) is 5.82 Å². The molecule has 1 aromatic heterocycles. The van der Waals surface area contributed by atoms with Crippen LogP contribution in [-0.4, -0.2) is 33.2 Å². The molecule has 0 bridgehead atoms. The van der Waals surface area contributed by atoms with Gasteiger partial charge in [0, 0.05) is 25.5 Å². The summed E-state index contributed by atoms with van der Waals surface area (Å²) in [6.07, 6.45) is 6.52. The Morgan fingerprint density at radius 2 is 2.26 bits per heavy atom. The lowest BCUT2D eigenvalue weighted by molar-refractivity contribution is -0.138. The maximum Gasteiger partial charge on any atom is 0.326 e. The lowest BCUT2D eigenvalue weighted by Gasteiger charge is -2.27. The number of rotatable bonds is 3. The third kappa shape index (κ3) is 2.77. The molecular formula is C13H19N3O3. The summed E-state index contributed by atoms with van der Waals surface area (Å²) in [4.78, 5) is 29.4. The Balaban J connectivity index is 2.41. The quantitative estimate of drug-likeness (QED) is 0.885. The predicted molar refractivity (Wildman–Crippen MR) is 71.4 cm³/mol. The van der Waals surface area contributed by atoms with Crippen LogP contribution in [0, 0.1) is 0 Å². The van der Waals surface area contributed by atoms with Crippen LogP contribution in [0.15, 0.2) is 17.2 Å². The first kappa shape index (κ1) is 13.6. The van der Waals surface area contributed by atoms with Crippen LogP contribution in [0.25, 0.3) is 0 Å². The van der Waals surface area contributed by atoms with Gasteiger partial charge in [-0.25, -0.2) is 9.78 Å². The van der Waals surface area contributed by atoms with Crippen molar-refractivity contribution < 1.29 is 9.90 Å². The van der Waals surface area contributed by atoms with Gasteiger partial charge in [0.2, 0.25) is 0 Å². The molecule has 0 saturated carbocycles. The summed E-state index contributed by atoms with van der Waals surface area (Å²) >= 11 is 0. The van der Waals surface area contributed by atoms with Gasteiger partial charge in [-0.1, -0.05) is 12.8 Å². The Labute approximate surface area is 111 Å². The zero-order chi connectivity index (χ0) is 13.8. The van der Waals surface area contributed by atoms with Crippen LogP contribution in [0.3, 0.4) is 0 Å². The van der Waals surface area contributed by atoms with Gasteiger partial charge in [0.25, 0.3) is 5.56 Å². The molecule has 1 atom stereocenters. The Hall–Kier alpha value is -1.85. The molecular weight excluding hydrogens is 246 g/mol. The van der Waals surface area contributed by atoms with Gasteiger partial charge < -0.3 is 14.6 Å². The minimum Gasteiger partial charge on any atom is -0.480 e. The van der Waals surface area contributed by atoms with E-state index in [1.807, 2.05) is 6.92 Å². The van der Waals surface area contributed by atoms with Crippen molar-refractivity contribution in [1.82, 2.24) is 9.55 Å². The van der Waals surface area contributed by atoms with Gasteiger partial charge in [-0.05, 0) is 19.8 Å². The molecule has 104 valence electrons. The normalized spacial score (nSPS) is 20.1. The van der Waals surface area contributed by atoms with E-state index >= 15 is 0 Å². The van der Waals surface area contributed by atoms with Crippen LogP contribution in [0.2, 0.25) is 0 Å². The number of anilines is 1. The standard InChI is InChI=1S/C13H19N3O3/c1-2-15-9-7-14-11(12(15)17)16-8-5-3-4-6-10(16)13(18)19/h7,9-10H,2-6,8H2,1H3,(H,18,19). The highest BCUT2D eigenvalue weighted by Gasteiger charge is 2.29. The largest absolute Gasteiger partial charge is 0.480 e. The average Bonchev–Trinajstić information content (AvgIpc) is 2.64. The van der Waals surface area contributed by atoms with Gasteiger partial charge in [-0.15, -0.1) is 0 Å². The van der Waals surface area contributed by atoms with Crippen molar-refractivity contribution in [3.63, 3.8) is 0 Å². The topological polar surface area (TPSA) is 75.4 Å². The van der Waals surface area contributed by atoms with Gasteiger partial charge in [-0.2, -0.15) is 0 Å². The van der Waals surface area contributed by atoms with Gasteiger partial charge in [0.15, 0.2) is 5.82 Å². The molecule has 1 aliphatic rings. The molecule has 0 spiro atoms. The molecule has 1 fully saturated rings. The van der Waals surface area contributed by atoms with Crippen molar-refractivity contribution in [2.75, 3.05) is 11.4 Å². The summed E-state index contributed by atoms with van der Waals surface area (Å²) in [7, 11) is 0. The van der Waals surface area contributed by atoms with E-state index < -0.39 is 12.0 Å².